The molecular weight excluding hydrogens is 210 g/mol. The number of carbonyl (C=O) groups excluding carboxylic acids is 1. The number of aromatic nitrogens is 2. The lowest BCUT2D eigenvalue weighted by atomic mass is 10.2. The van der Waals surface area contributed by atoms with Crippen molar-refractivity contribution >= 4 is 5.91 Å². The van der Waals surface area contributed by atoms with Crippen LogP contribution in [0.4, 0.5) is 0 Å². The fraction of sp³-hybridized carbons (Fsp3) is 0.300. The van der Waals surface area contributed by atoms with Crippen molar-refractivity contribution in [3.8, 4) is 12.3 Å². The second kappa shape index (κ2) is 4.98. The predicted octanol–water partition coefficient (Wildman–Crippen LogP) is -0.795. The number of amides is 1. The third kappa shape index (κ3) is 3.13. The third-order valence-electron chi connectivity index (χ3n) is 1.81. The molecule has 0 aromatic carbocycles. The van der Waals surface area contributed by atoms with Crippen molar-refractivity contribution in [1.29, 1.82) is 0 Å². The molecule has 16 heavy (non-hydrogen) atoms. The van der Waals surface area contributed by atoms with E-state index in [-0.39, 0.29) is 11.7 Å². The fourth-order valence-electron chi connectivity index (χ4n) is 1.12. The monoisotopic (exact) mass is 221 g/mol. The molecule has 1 aromatic heterocycles. The van der Waals surface area contributed by atoms with Crippen LogP contribution < -0.4 is 16.6 Å². The van der Waals surface area contributed by atoms with E-state index >= 15 is 0 Å². The van der Waals surface area contributed by atoms with Gasteiger partial charge in [-0.05, 0) is 6.92 Å². The second-order valence-electron chi connectivity index (χ2n) is 3.28. The van der Waals surface area contributed by atoms with Crippen LogP contribution in [0.25, 0.3) is 0 Å². The highest BCUT2D eigenvalue weighted by molar-refractivity contribution is 5.92. The standard InChI is InChI=1S/C10H11N3O3/c1-3-4-6(2)11-9(15)7-5-8(14)13-10(16)12-7/h1,5-6H,4H2,2H3,(H,11,15)(H2,12,13,14,16). The molecule has 3 N–H and O–H groups in total. The van der Waals surface area contributed by atoms with Crippen LogP contribution in [0.15, 0.2) is 15.7 Å². The Balaban J connectivity index is 2.86. The fourth-order valence-corrected chi connectivity index (χ4v) is 1.12. The van der Waals surface area contributed by atoms with Crippen molar-refractivity contribution in [3.05, 3.63) is 32.6 Å². The largest absolute Gasteiger partial charge is 0.347 e. The molecule has 6 heteroatoms. The van der Waals surface area contributed by atoms with Crippen molar-refractivity contribution in [1.82, 2.24) is 15.3 Å². The van der Waals surface area contributed by atoms with Gasteiger partial charge in [-0.2, -0.15) is 0 Å². The van der Waals surface area contributed by atoms with Gasteiger partial charge in [0.15, 0.2) is 0 Å². The molecule has 1 aromatic rings. The molecule has 0 saturated carbocycles. The van der Waals surface area contributed by atoms with Crippen LogP contribution in [-0.4, -0.2) is 21.9 Å². The van der Waals surface area contributed by atoms with Crippen LogP contribution in [0.3, 0.4) is 0 Å². The lowest BCUT2D eigenvalue weighted by Gasteiger charge is -2.09. The Bertz CT molecular complexity index is 507. The summed E-state index contributed by atoms with van der Waals surface area (Å²) in [4.78, 5) is 37.6. The summed E-state index contributed by atoms with van der Waals surface area (Å²) in [5.74, 6) is 1.86. The maximum absolute atomic E-state index is 11.5. The summed E-state index contributed by atoms with van der Waals surface area (Å²) in [5.41, 5.74) is -1.43. The topological polar surface area (TPSA) is 94.8 Å². The van der Waals surface area contributed by atoms with Gasteiger partial charge >= 0.3 is 5.69 Å². The van der Waals surface area contributed by atoms with Gasteiger partial charge in [0.2, 0.25) is 0 Å². The zero-order valence-corrected chi connectivity index (χ0v) is 8.66. The number of H-pyrrole nitrogens is 2. The van der Waals surface area contributed by atoms with Crippen molar-refractivity contribution < 1.29 is 4.79 Å². The first-order chi connectivity index (χ1) is 7.52. The molecule has 0 radical (unpaired) electrons. The van der Waals surface area contributed by atoms with Crippen molar-refractivity contribution in [2.75, 3.05) is 0 Å². The van der Waals surface area contributed by atoms with Gasteiger partial charge in [0, 0.05) is 18.5 Å². The minimum Gasteiger partial charge on any atom is -0.347 e. The molecule has 0 fully saturated rings. The van der Waals surface area contributed by atoms with Gasteiger partial charge in [-0.15, -0.1) is 12.3 Å². The van der Waals surface area contributed by atoms with Gasteiger partial charge in [-0.1, -0.05) is 0 Å². The first-order valence-corrected chi connectivity index (χ1v) is 4.61. The average Bonchev–Trinajstić information content (AvgIpc) is 2.16. The zero-order valence-electron chi connectivity index (χ0n) is 8.66. The minimum atomic E-state index is -0.720. The Labute approximate surface area is 91.1 Å². The summed E-state index contributed by atoms with van der Waals surface area (Å²) in [6.45, 7) is 1.73. The van der Waals surface area contributed by atoms with Crippen molar-refractivity contribution in [2.24, 2.45) is 0 Å². The number of aromatic amines is 2. The smallest absolute Gasteiger partial charge is 0.326 e. The molecule has 1 atom stereocenters. The van der Waals surface area contributed by atoms with E-state index in [0.29, 0.717) is 6.42 Å². The molecule has 0 spiro atoms. The molecule has 1 rings (SSSR count). The Morgan fingerprint density at radius 3 is 2.81 bits per heavy atom. The van der Waals surface area contributed by atoms with Gasteiger partial charge in [0.1, 0.15) is 5.69 Å². The molecule has 0 aliphatic rings. The number of carbonyl (C=O) groups is 1. The van der Waals surface area contributed by atoms with Crippen LogP contribution in [0.1, 0.15) is 23.8 Å². The molecule has 1 amide bonds. The summed E-state index contributed by atoms with van der Waals surface area (Å²) >= 11 is 0. The normalized spacial score (nSPS) is 11.5. The van der Waals surface area contributed by atoms with Crippen LogP contribution in [-0.2, 0) is 0 Å². The highest BCUT2D eigenvalue weighted by Gasteiger charge is 2.10. The number of nitrogens with one attached hydrogen (secondary N) is 3. The third-order valence-corrected chi connectivity index (χ3v) is 1.81. The van der Waals surface area contributed by atoms with E-state index in [4.69, 9.17) is 6.42 Å². The van der Waals surface area contributed by atoms with Gasteiger partial charge in [-0.3, -0.25) is 14.6 Å². The number of hydrogen-bond donors (Lipinski definition) is 3. The van der Waals surface area contributed by atoms with E-state index in [0.717, 1.165) is 6.07 Å². The van der Waals surface area contributed by atoms with E-state index < -0.39 is 17.2 Å². The molecule has 0 aliphatic heterocycles. The van der Waals surface area contributed by atoms with E-state index in [1.807, 2.05) is 4.98 Å². The highest BCUT2D eigenvalue weighted by Crippen LogP contribution is 1.92. The molecule has 1 heterocycles. The van der Waals surface area contributed by atoms with Crippen LogP contribution in [0.5, 0.6) is 0 Å². The molecule has 84 valence electrons. The van der Waals surface area contributed by atoms with Crippen LogP contribution >= 0.6 is 0 Å². The zero-order chi connectivity index (χ0) is 12.1. The van der Waals surface area contributed by atoms with Crippen LogP contribution in [0, 0.1) is 12.3 Å². The number of hydrogen-bond acceptors (Lipinski definition) is 3. The maximum atomic E-state index is 11.5. The summed E-state index contributed by atoms with van der Waals surface area (Å²) in [5, 5.41) is 2.55. The van der Waals surface area contributed by atoms with Gasteiger partial charge in [-0.25, -0.2) is 4.79 Å². The molecular formula is C10H11N3O3. The highest BCUT2D eigenvalue weighted by atomic mass is 16.2. The van der Waals surface area contributed by atoms with E-state index in [1.165, 1.54) is 0 Å². The Hall–Kier alpha value is -2.29. The lowest BCUT2D eigenvalue weighted by Crippen LogP contribution is -2.35. The Morgan fingerprint density at radius 2 is 2.25 bits per heavy atom. The first kappa shape index (κ1) is 11.8. The Morgan fingerprint density at radius 1 is 1.56 bits per heavy atom. The minimum absolute atomic E-state index is 0.0855. The molecule has 0 bridgehead atoms. The summed E-state index contributed by atoms with van der Waals surface area (Å²) in [7, 11) is 0. The van der Waals surface area contributed by atoms with Crippen molar-refractivity contribution in [3.63, 3.8) is 0 Å². The number of terminal acetylenes is 1. The lowest BCUT2D eigenvalue weighted by molar-refractivity contribution is 0.0935. The van der Waals surface area contributed by atoms with Gasteiger partial charge in [0.25, 0.3) is 11.5 Å². The van der Waals surface area contributed by atoms with E-state index in [1.54, 1.807) is 6.92 Å². The summed E-state index contributed by atoms with van der Waals surface area (Å²) < 4.78 is 0. The quantitative estimate of drug-likeness (QED) is 0.583. The molecule has 0 saturated heterocycles. The Kier molecular flexibility index (Phi) is 3.67. The van der Waals surface area contributed by atoms with Crippen molar-refractivity contribution in [2.45, 2.75) is 19.4 Å². The molecule has 1 unspecified atom stereocenters. The SMILES string of the molecule is C#CCC(C)NC(=O)c1cc(=O)[nH]c(=O)[nH]1. The summed E-state index contributed by atoms with van der Waals surface area (Å²) in [6.07, 6.45) is 5.45. The maximum Gasteiger partial charge on any atom is 0.326 e. The van der Waals surface area contributed by atoms with Gasteiger partial charge in [0.05, 0.1) is 0 Å². The van der Waals surface area contributed by atoms with E-state index in [2.05, 4.69) is 16.2 Å². The van der Waals surface area contributed by atoms with E-state index in [9.17, 15) is 14.4 Å². The second-order valence-corrected chi connectivity index (χ2v) is 3.28. The predicted molar refractivity (Wildman–Crippen MR) is 58.1 cm³/mol. The van der Waals surface area contributed by atoms with Gasteiger partial charge < -0.3 is 10.3 Å². The molecule has 0 aliphatic carbocycles. The summed E-state index contributed by atoms with van der Waals surface area (Å²) in [6, 6.07) is 0.791. The van der Waals surface area contributed by atoms with Crippen LogP contribution in [0.2, 0.25) is 0 Å². The molecule has 6 nitrogen and oxygen atoms in total. The number of rotatable bonds is 3. The average molecular weight is 221 g/mol. The first-order valence-electron chi connectivity index (χ1n) is 4.61.